The minimum Gasteiger partial charge on any atom is -0.484 e. The molecule has 0 radical (unpaired) electrons. The number of anilines is 2. The van der Waals surface area contributed by atoms with Crippen LogP contribution in [-0.2, 0) is 9.59 Å². The van der Waals surface area contributed by atoms with E-state index in [4.69, 9.17) is 21.6 Å². The summed E-state index contributed by atoms with van der Waals surface area (Å²) < 4.78 is 5.39. The van der Waals surface area contributed by atoms with Crippen molar-refractivity contribution in [1.29, 1.82) is 5.26 Å². The Hall–Kier alpha value is -3.04. The molecule has 0 heterocycles. The number of benzene rings is 2. The van der Waals surface area contributed by atoms with Gasteiger partial charge in [0.2, 0.25) is 5.91 Å². The lowest BCUT2D eigenvalue weighted by Crippen LogP contribution is -2.20. The highest BCUT2D eigenvalue weighted by atomic mass is 35.5. The molecular formula is C17H14ClN3O3. The fourth-order valence-electron chi connectivity index (χ4n) is 1.92. The first-order valence-electron chi connectivity index (χ1n) is 6.98. The van der Waals surface area contributed by atoms with Gasteiger partial charge in [-0.15, -0.1) is 0 Å². The molecule has 0 unspecified atom stereocenters. The van der Waals surface area contributed by atoms with E-state index in [1.54, 1.807) is 30.3 Å². The van der Waals surface area contributed by atoms with Crippen LogP contribution < -0.4 is 15.4 Å². The molecule has 2 aromatic rings. The molecule has 2 aromatic carbocycles. The molecule has 0 aliphatic carbocycles. The third-order valence-electron chi connectivity index (χ3n) is 2.90. The zero-order valence-corrected chi connectivity index (χ0v) is 13.6. The van der Waals surface area contributed by atoms with E-state index in [1.165, 1.54) is 19.1 Å². The minimum absolute atomic E-state index is 0.199. The van der Waals surface area contributed by atoms with Crippen LogP contribution in [0.5, 0.6) is 5.75 Å². The van der Waals surface area contributed by atoms with Gasteiger partial charge in [0.15, 0.2) is 6.61 Å². The Morgan fingerprint density at radius 2 is 2.00 bits per heavy atom. The molecule has 7 heteroatoms. The molecule has 0 atom stereocenters. The summed E-state index contributed by atoms with van der Waals surface area (Å²) in [5.74, 6) is -0.198. The van der Waals surface area contributed by atoms with Gasteiger partial charge >= 0.3 is 0 Å². The molecule has 0 aliphatic rings. The molecule has 6 nitrogen and oxygen atoms in total. The molecule has 24 heavy (non-hydrogen) atoms. The Kier molecular flexibility index (Phi) is 5.77. The van der Waals surface area contributed by atoms with Crippen molar-refractivity contribution in [2.45, 2.75) is 6.92 Å². The summed E-state index contributed by atoms with van der Waals surface area (Å²) in [5.41, 5.74) is 1.20. The first-order chi connectivity index (χ1) is 11.5. The summed E-state index contributed by atoms with van der Waals surface area (Å²) in [4.78, 5) is 23.0. The number of ether oxygens (including phenoxy) is 1. The highest BCUT2D eigenvalue weighted by Crippen LogP contribution is 2.21. The van der Waals surface area contributed by atoms with Crippen LogP contribution in [0.2, 0.25) is 5.02 Å². The smallest absolute Gasteiger partial charge is 0.262 e. The number of hydrogen-bond donors (Lipinski definition) is 2. The summed E-state index contributed by atoms with van der Waals surface area (Å²) in [6, 6.07) is 13.2. The largest absolute Gasteiger partial charge is 0.484 e. The molecule has 0 saturated heterocycles. The summed E-state index contributed by atoms with van der Waals surface area (Å²) in [6.07, 6.45) is 0. The highest BCUT2D eigenvalue weighted by molar-refractivity contribution is 6.31. The van der Waals surface area contributed by atoms with Crippen molar-refractivity contribution in [3.63, 3.8) is 0 Å². The van der Waals surface area contributed by atoms with Crippen LogP contribution in [0.25, 0.3) is 0 Å². The maximum Gasteiger partial charge on any atom is 0.262 e. The average Bonchev–Trinajstić information content (AvgIpc) is 2.53. The second kappa shape index (κ2) is 7.99. The number of carbonyl (C=O) groups is 2. The van der Waals surface area contributed by atoms with Gasteiger partial charge < -0.3 is 15.4 Å². The molecule has 122 valence electrons. The normalized spacial score (nSPS) is 9.71. The fraction of sp³-hybridized carbons (Fsp3) is 0.118. The van der Waals surface area contributed by atoms with Gasteiger partial charge in [0.05, 0.1) is 11.3 Å². The predicted octanol–water partition coefficient (Wildman–Crippen LogP) is 3.19. The van der Waals surface area contributed by atoms with Crippen LogP contribution in [0.1, 0.15) is 12.5 Å². The summed E-state index contributed by atoms with van der Waals surface area (Å²) in [6.45, 7) is 1.15. The van der Waals surface area contributed by atoms with E-state index in [0.717, 1.165) is 0 Å². The quantitative estimate of drug-likeness (QED) is 0.872. The van der Waals surface area contributed by atoms with E-state index in [1.807, 2.05) is 6.07 Å². The van der Waals surface area contributed by atoms with Crippen molar-refractivity contribution < 1.29 is 14.3 Å². The SMILES string of the molecule is CC(=O)Nc1cccc(OCC(=O)Nc2cc(Cl)ccc2C#N)c1. The number of nitrogens with zero attached hydrogens (tertiary/aromatic N) is 1. The predicted molar refractivity (Wildman–Crippen MR) is 91.0 cm³/mol. The fourth-order valence-corrected chi connectivity index (χ4v) is 2.09. The Balaban J connectivity index is 1.98. The van der Waals surface area contributed by atoms with Crippen LogP contribution in [0.4, 0.5) is 11.4 Å². The van der Waals surface area contributed by atoms with E-state index in [0.29, 0.717) is 27.7 Å². The maximum absolute atomic E-state index is 12.0. The van der Waals surface area contributed by atoms with Crippen LogP contribution in [-0.4, -0.2) is 18.4 Å². The zero-order valence-electron chi connectivity index (χ0n) is 12.8. The molecule has 0 spiro atoms. The van der Waals surface area contributed by atoms with Gasteiger partial charge in [0.1, 0.15) is 11.8 Å². The Morgan fingerprint density at radius 3 is 2.71 bits per heavy atom. The first kappa shape index (κ1) is 17.3. The summed E-state index contributed by atoms with van der Waals surface area (Å²) >= 11 is 5.86. The lowest BCUT2D eigenvalue weighted by atomic mass is 10.2. The molecule has 0 aliphatic heterocycles. The van der Waals surface area contributed by atoms with E-state index < -0.39 is 5.91 Å². The maximum atomic E-state index is 12.0. The van der Waals surface area contributed by atoms with E-state index in [-0.39, 0.29) is 12.5 Å². The summed E-state index contributed by atoms with van der Waals surface area (Å²) in [7, 11) is 0. The first-order valence-corrected chi connectivity index (χ1v) is 7.35. The number of nitriles is 1. The van der Waals surface area contributed by atoms with Gasteiger partial charge in [0, 0.05) is 23.7 Å². The Bertz CT molecular complexity index is 815. The van der Waals surface area contributed by atoms with E-state index >= 15 is 0 Å². The molecule has 0 fully saturated rings. The number of nitrogens with one attached hydrogen (secondary N) is 2. The molecule has 2 amide bonds. The lowest BCUT2D eigenvalue weighted by Gasteiger charge is -2.10. The molecule has 2 N–H and O–H groups in total. The van der Waals surface area contributed by atoms with Gasteiger partial charge in [-0.1, -0.05) is 17.7 Å². The van der Waals surface area contributed by atoms with Gasteiger partial charge in [-0.3, -0.25) is 9.59 Å². The monoisotopic (exact) mass is 343 g/mol. The number of carbonyl (C=O) groups excluding carboxylic acids is 2. The van der Waals surface area contributed by atoms with Gasteiger partial charge in [-0.25, -0.2) is 0 Å². The third-order valence-corrected chi connectivity index (χ3v) is 3.14. The van der Waals surface area contributed by atoms with Crippen molar-refractivity contribution in [1.82, 2.24) is 0 Å². The zero-order chi connectivity index (χ0) is 17.5. The number of halogens is 1. The second-order valence-corrected chi connectivity index (χ2v) is 5.28. The standard InChI is InChI=1S/C17H14ClN3O3/c1-11(22)20-14-3-2-4-15(8-14)24-10-17(23)21-16-7-13(18)6-5-12(16)9-19/h2-8H,10H2,1H3,(H,20,22)(H,21,23). The van der Waals surface area contributed by atoms with Crippen LogP contribution in [0, 0.1) is 11.3 Å². The lowest BCUT2D eigenvalue weighted by molar-refractivity contribution is -0.118. The number of amides is 2. The van der Waals surface area contributed by atoms with Crippen molar-refractivity contribution in [3.05, 3.63) is 53.1 Å². The second-order valence-electron chi connectivity index (χ2n) is 4.85. The van der Waals surface area contributed by atoms with Crippen LogP contribution in [0.3, 0.4) is 0 Å². The number of hydrogen-bond acceptors (Lipinski definition) is 4. The Labute approximate surface area is 144 Å². The molecular weight excluding hydrogens is 330 g/mol. The topological polar surface area (TPSA) is 91.2 Å². The summed E-state index contributed by atoms with van der Waals surface area (Å²) in [5, 5.41) is 14.6. The molecule has 0 saturated carbocycles. The van der Waals surface area contributed by atoms with Gasteiger partial charge in [-0.05, 0) is 30.3 Å². The molecule has 0 bridgehead atoms. The minimum atomic E-state index is -0.432. The van der Waals surface area contributed by atoms with Crippen molar-refractivity contribution >= 4 is 34.8 Å². The van der Waals surface area contributed by atoms with Crippen LogP contribution >= 0.6 is 11.6 Å². The van der Waals surface area contributed by atoms with Gasteiger partial charge in [-0.2, -0.15) is 5.26 Å². The van der Waals surface area contributed by atoms with Crippen molar-refractivity contribution in [2.24, 2.45) is 0 Å². The van der Waals surface area contributed by atoms with Gasteiger partial charge in [0.25, 0.3) is 5.91 Å². The highest BCUT2D eigenvalue weighted by Gasteiger charge is 2.09. The van der Waals surface area contributed by atoms with Crippen molar-refractivity contribution in [2.75, 3.05) is 17.2 Å². The average molecular weight is 344 g/mol. The van der Waals surface area contributed by atoms with Crippen LogP contribution in [0.15, 0.2) is 42.5 Å². The molecule has 0 aromatic heterocycles. The van der Waals surface area contributed by atoms with E-state index in [9.17, 15) is 9.59 Å². The molecule has 2 rings (SSSR count). The van der Waals surface area contributed by atoms with E-state index in [2.05, 4.69) is 10.6 Å². The van der Waals surface area contributed by atoms with Crippen molar-refractivity contribution in [3.8, 4) is 11.8 Å². The Morgan fingerprint density at radius 1 is 1.21 bits per heavy atom. The third kappa shape index (κ3) is 5.00. The number of rotatable bonds is 5.